The molecule has 2 amide bonds. The van der Waals surface area contributed by atoms with Crippen LogP contribution in [0.3, 0.4) is 0 Å². The summed E-state index contributed by atoms with van der Waals surface area (Å²) in [6.45, 7) is 12.6. The van der Waals surface area contributed by atoms with Crippen molar-refractivity contribution in [2.75, 3.05) is 13.7 Å². The number of rotatable bonds is 10. The second kappa shape index (κ2) is 11.6. The second-order valence-corrected chi connectivity index (χ2v) is 9.21. The molecule has 5 nitrogen and oxygen atoms in total. The molecule has 2 aromatic carbocycles. The van der Waals surface area contributed by atoms with Gasteiger partial charge in [-0.2, -0.15) is 0 Å². The molecule has 0 aliphatic carbocycles. The van der Waals surface area contributed by atoms with Crippen molar-refractivity contribution >= 4 is 11.8 Å². The van der Waals surface area contributed by atoms with E-state index >= 15 is 0 Å². The highest BCUT2D eigenvalue weighted by molar-refractivity contribution is 5.91. The van der Waals surface area contributed by atoms with Crippen LogP contribution in [0, 0.1) is 18.3 Å². The SMILES string of the molecule is C=C[C@@H](COCc1ccccc1)[C@H](C(=O)N[C@H](C(=O)NC)C(C)(C)C)c1ccc(C)cc1. The van der Waals surface area contributed by atoms with Gasteiger partial charge in [0.05, 0.1) is 19.1 Å². The number of hydrogen-bond donors (Lipinski definition) is 2. The highest BCUT2D eigenvalue weighted by Crippen LogP contribution is 2.29. The lowest BCUT2D eigenvalue weighted by atomic mass is 9.82. The normalized spacial score (nSPS) is 14.2. The molecule has 0 aromatic heterocycles. The lowest BCUT2D eigenvalue weighted by Gasteiger charge is -2.33. The number of aryl methyl sites for hydroxylation is 1. The number of likely N-dealkylation sites (N-methyl/N-ethyl adjacent to an activating group) is 1. The van der Waals surface area contributed by atoms with Crippen molar-refractivity contribution in [3.05, 3.63) is 83.9 Å². The Kier molecular flexibility index (Phi) is 9.21. The Morgan fingerprint density at radius 2 is 1.66 bits per heavy atom. The zero-order chi connectivity index (χ0) is 23.7. The molecule has 0 saturated carbocycles. The fourth-order valence-corrected chi connectivity index (χ4v) is 3.61. The monoisotopic (exact) mass is 436 g/mol. The Labute approximate surface area is 192 Å². The Hall–Kier alpha value is -2.92. The first kappa shape index (κ1) is 25.3. The van der Waals surface area contributed by atoms with Gasteiger partial charge in [-0.05, 0) is 23.5 Å². The first-order valence-electron chi connectivity index (χ1n) is 11.0. The summed E-state index contributed by atoms with van der Waals surface area (Å²) in [6.07, 6.45) is 1.76. The van der Waals surface area contributed by atoms with Gasteiger partial charge < -0.3 is 15.4 Å². The maximum absolute atomic E-state index is 13.5. The molecule has 0 fully saturated rings. The van der Waals surface area contributed by atoms with E-state index in [2.05, 4.69) is 17.2 Å². The molecular weight excluding hydrogens is 400 g/mol. The minimum Gasteiger partial charge on any atom is -0.376 e. The summed E-state index contributed by atoms with van der Waals surface area (Å²) in [5.41, 5.74) is 2.60. The van der Waals surface area contributed by atoms with E-state index in [-0.39, 0.29) is 17.7 Å². The summed E-state index contributed by atoms with van der Waals surface area (Å²) in [5, 5.41) is 5.65. The predicted octanol–water partition coefficient (Wildman–Crippen LogP) is 4.37. The molecule has 5 heteroatoms. The molecule has 0 heterocycles. The number of hydrogen-bond acceptors (Lipinski definition) is 3. The molecule has 0 radical (unpaired) electrons. The van der Waals surface area contributed by atoms with E-state index < -0.39 is 17.4 Å². The Balaban J connectivity index is 2.27. The minimum atomic E-state index is -0.663. The van der Waals surface area contributed by atoms with Gasteiger partial charge in [-0.1, -0.05) is 87.0 Å². The third-order valence-electron chi connectivity index (χ3n) is 5.53. The zero-order valence-electron chi connectivity index (χ0n) is 19.9. The number of carbonyl (C=O) groups excluding carboxylic acids is 2. The van der Waals surface area contributed by atoms with Gasteiger partial charge in [0.25, 0.3) is 0 Å². The van der Waals surface area contributed by atoms with E-state index in [1.807, 2.05) is 82.3 Å². The number of carbonyl (C=O) groups is 2. The topological polar surface area (TPSA) is 67.4 Å². The molecule has 2 N–H and O–H groups in total. The fraction of sp³-hybridized carbons (Fsp3) is 0.407. The van der Waals surface area contributed by atoms with Gasteiger partial charge in [0.2, 0.25) is 11.8 Å². The van der Waals surface area contributed by atoms with Crippen LogP contribution >= 0.6 is 0 Å². The molecule has 32 heavy (non-hydrogen) atoms. The van der Waals surface area contributed by atoms with Crippen molar-refractivity contribution in [3.63, 3.8) is 0 Å². The molecule has 172 valence electrons. The van der Waals surface area contributed by atoms with Crippen LogP contribution in [-0.2, 0) is 20.9 Å². The molecule has 0 saturated heterocycles. The molecule has 0 bridgehead atoms. The highest BCUT2D eigenvalue weighted by atomic mass is 16.5. The first-order chi connectivity index (χ1) is 15.2. The Morgan fingerprint density at radius 3 is 2.19 bits per heavy atom. The van der Waals surface area contributed by atoms with Gasteiger partial charge in [-0.25, -0.2) is 0 Å². The average Bonchev–Trinajstić information content (AvgIpc) is 2.77. The molecule has 0 spiro atoms. The number of amides is 2. The molecular formula is C27H36N2O3. The molecule has 0 aliphatic heterocycles. The quantitative estimate of drug-likeness (QED) is 0.544. The van der Waals surface area contributed by atoms with Gasteiger partial charge in [0, 0.05) is 13.0 Å². The lowest BCUT2D eigenvalue weighted by Crippen LogP contribution is -2.54. The third-order valence-corrected chi connectivity index (χ3v) is 5.53. The molecule has 0 unspecified atom stereocenters. The maximum atomic E-state index is 13.5. The highest BCUT2D eigenvalue weighted by Gasteiger charge is 2.36. The zero-order valence-corrected chi connectivity index (χ0v) is 19.9. The summed E-state index contributed by atoms with van der Waals surface area (Å²) in [5.74, 6) is -1.22. The summed E-state index contributed by atoms with van der Waals surface area (Å²) in [6, 6.07) is 17.1. The average molecular weight is 437 g/mol. The van der Waals surface area contributed by atoms with E-state index in [1.54, 1.807) is 13.1 Å². The lowest BCUT2D eigenvalue weighted by molar-refractivity contribution is -0.132. The number of nitrogens with one attached hydrogen (secondary N) is 2. The van der Waals surface area contributed by atoms with Crippen molar-refractivity contribution in [2.24, 2.45) is 11.3 Å². The van der Waals surface area contributed by atoms with Crippen LogP contribution < -0.4 is 10.6 Å². The summed E-state index contributed by atoms with van der Waals surface area (Å²) < 4.78 is 5.96. The van der Waals surface area contributed by atoms with Crippen molar-refractivity contribution < 1.29 is 14.3 Å². The van der Waals surface area contributed by atoms with Crippen molar-refractivity contribution in [3.8, 4) is 0 Å². The van der Waals surface area contributed by atoms with Gasteiger partial charge in [0.1, 0.15) is 6.04 Å². The van der Waals surface area contributed by atoms with Crippen LogP contribution in [0.4, 0.5) is 0 Å². The predicted molar refractivity (Wildman–Crippen MR) is 129 cm³/mol. The van der Waals surface area contributed by atoms with Crippen LogP contribution in [-0.4, -0.2) is 31.5 Å². The minimum absolute atomic E-state index is 0.217. The molecule has 2 rings (SSSR count). The Morgan fingerprint density at radius 1 is 1.03 bits per heavy atom. The maximum Gasteiger partial charge on any atom is 0.242 e. The van der Waals surface area contributed by atoms with Crippen LogP contribution in [0.1, 0.15) is 43.4 Å². The van der Waals surface area contributed by atoms with Crippen LogP contribution in [0.5, 0.6) is 0 Å². The van der Waals surface area contributed by atoms with E-state index in [1.165, 1.54) is 0 Å². The Bertz CT molecular complexity index is 885. The van der Waals surface area contributed by atoms with Gasteiger partial charge in [-0.3, -0.25) is 9.59 Å². The van der Waals surface area contributed by atoms with Crippen LogP contribution in [0.15, 0.2) is 67.3 Å². The smallest absolute Gasteiger partial charge is 0.242 e. The molecule has 0 aliphatic rings. The number of ether oxygens (including phenoxy) is 1. The van der Waals surface area contributed by atoms with E-state index in [4.69, 9.17) is 4.74 Å². The van der Waals surface area contributed by atoms with Crippen molar-refractivity contribution in [1.82, 2.24) is 10.6 Å². The molecule has 2 aromatic rings. The second-order valence-electron chi connectivity index (χ2n) is 9.21. The van der Waals surface area contributed by atoms with Crippen molar-refractivity contribution in [2.45, 2.75) is 46.3 Å². The fourth-order valence-electron chi connectivity index (χ4n) is 3.61. The van der Waals surface area contributed by atoms with E-state index in [9.17, 15) is 9.59 Å². The van der Waals surface area contributed by atoms with E-state index in [0.29, 0.717) is 13.2 Å². The standard InChI is InChI=1S/C27H36N2O3/c1-7-21(18-32-17-20-11-9-8-10-12-20)23(22-15-13-19(2)14-16-22)25(30)29-24(26(31)28-6)27(3,4)5/h7-16,21,23-24H,1,17-18H2,2-6H3,(H,28,31)(H,29,30)/t21-,23-,24+/m0/s1. The third kappa shape index (κ3) is 7.06. The molecule has 3 atom stereocenters. The largest absolute Gasteiger partial charge is 0.376 e. The van der Waals surface area contributed by atoms with Gasteiger partial charge >= 0.3 is 0 Å². The van der Waals surface area contributed by atoms with Gasteiger partial charge in [-0.15, -0.1) is 6.58 Å². The number of benzene rings is 2. The summed E-state index contributed by atoms with van der Waals surface area (Å²) in [4.78, 5) is 26.0. The summed E-state index contributed by atoms with van der Waals surface area (Å²) in [7, 11) is 1.58. The van der Waals surface area contributed by atoms with Gasteiger partial charge in [0.15, 0.2) is 0 Å². The van der Waals surface area contributed by atoms with E-state index in [0.717, 1.165) is 16.7 Å². The summed E-state index contributed by atoms with van der Waals surface area (Å²) >= 11 is 0. The first-order valence-corrected chi connectivity index (χ1v) is 11.0. The van der Waals surface area contributed by atoms with Crippen molar-refractivity contribution in [1.29, 1.82) is 0 Å². The van der Waals surface area contributed by atoms with Crippen LogP contribution in [0.2, 0.25) is 0 Å². The van der Waals surface area contributed by atoms with Crippen LogP contribution in [0.25, 0.3) is 0 Å².